The van der Waals surface area contributed by atoms with Crippen molar-refractivity contribution in [3.63, 3.8) is 0 Å². The molecule has 0 aliphatic carbocycles. The third-order valence-electron chi connectivity index (χ3n) is 3.32. The number of nitrogens with zero attached hydrogens (tertiary/aromatic N) is 2. The van der Waals surface area contributed by atoms with Gasteiger partial charge in [0.1, 0.15) is 6.10 Å². The van der Waals surface area contributed by atoms with Gasteiger partial charge < -0.3 is 9.64 Å². The summed E-state index contributed by atoms with van der Waals surface area (Å²) in [7, 11) is 0. The van der Waals surface area contributed by atoms with E-state index in [1.165, 1.54) is 6.92 Å². The molecule has 1 aliphatic rings. The van der Waals surface area contributed by atoms with E-state index in [0.717, 1.165) is 0 Å². The summed E-state index contributed by atoms with van der Waals surface area (Å²) in [5, 5.41) is 8.73. The predicted octanol–water partition coefficient (Wildman–Crippen LogP) is 1.73. The minimum Gasteiger partial charge on any atom is -0.462 e. The van der Waals surface area contributed by atoms with Crippen LogP contribution in [-0.2, 0) is 9.53 Å². The number of benzene rings is 1. The summed E-state index contributed by atoms with van der Waals surface area (Å²) in [5.41, 5.74) is 1.12. The van der Waals surface area contributed by atoms with Gasteiger partial charge in [0.25, 0.3) is 5.91 Å². The van der Waals surface area contributed by atoms with E-state index in [9.17, 15) is 9.59 Å². The van der Waals surface area contributed by atoms with Gasteiger partial charge >= 0.3 is 5.97 Å². The first-order valence-electron chi connectivity index (χ1n) is 6.57. The van der Waals surface area contributed by atoms with Crippen molar-refractivity contribution in [2.75, 3.05) is 13.1 Å². The number of esters is 1. The van der Waals surface area contributed by atoms with E-state index in [4.69, 9.17) is 10.00 Å². The number of piperidine rings is 1. The number of hydrogen-bond donors (Lipinski definition) is 0. The fourth-order valence-corrected chi connectivity index (χ4v) is 2.28. The molecule has 1 aromatic rings. The molecule has 1 amide bonds. The molecule has 0 N–H and O–H groups in total. The number of rotatable bonds is 2. The van der Waals surface area contributed by atoms with Crippen LogP contribution in [0, 0.1) is 11.3 Å². The van der Waals surface area contributed by atoms with Gasteiger partial charge in [-0.05, 0) is 24.3 Å². The van der Waals surface area contributed by atoms with Crippen molar-refractivity contribution in [1.29, 1.82) is 5.26 Å². The second-order valence-electron chi connectivity index (χ2n) is 4.79. The van der Waals surface area contributed by atoms with Crippen LogP contribution in [0.2, 0.25) is 0 Å². The van der Waals surface area contributed by atoms with E-state index < -0.39 is 0 Å². The van der Waals surface area contributed by atoms with Gasteiger partial charge in [0, 0.05) is 38.4 Å². The summed E-state index contributed by atoms with van der Waals surface area (Å²) in [4.78, 5) is 24.9. The third kappa shape index (κ3) is 3.35. The van der Waals surface area contributed by atoms with Crippen LogP contribution in [0.5, 0.6) is 0 Å². The molecular formula is C15H16N2O3. The number of amides is 1. The number of nitriles is 1. The lowest BCUT2D eigenvalue weighted by Gasteiger charge is -2.31. The Labute approximate surface area is 117 Å². The maximum atomic E-state index is 12.3. The molecule has 0 radical (unpaired) electrons. The van der Waals surface area contributed by atoms with Crippen molar-refractivity contribution in [2.45, 2.75) is 25.9 Å². The number of carbonyl (C=O) groups excluding carboxylic acids is 2. The molecule has 1 heterocycles. The smallest absolute Gasteiger partial charge is 0.302 e. The van der Waals surface area contributed by atoms with Gasteiger partial charge in [0.2, 0.25) is 0 Å². The van der Waals surface area contributed by atoms with Crippen molar-refractivity contribution >= 4 is 11.9 Å². The Balaban J connectivity index is 1.94. The molecule has 1 aliphatic heterocycles. The van der Waals surface area contributed by atoms with Crippen molar-refractivity contribution in [3.8, 4) is 6.07 Å². The Morgan fingerprint density at radius 1 is 1.25 bits per heavy atom. The SMILES string of the molecule is CC(=O)OC1CCN(C(=O)c2ccc(C#N)cc2)CC1. The summed E-state index contributed by atoms with van der Waals surface area (Å²) in [5.74, 6) is -0.322. The fourth-order valence-electron chi connectivity index (χ4n) is 2.28. The highest BCUT2D eigenvalue weighted by molar-refractivity contribution is 5.94. The van der Waals surface area contributed by atoms with Crippen molar-refractivity contribution in [1.82, 2.24) is 4.90 Å². The van der Waals surface area contributed by atoms with Crippen molar-refractivity contribution in [2.24, 2.45) is 0 Å². The third-order valence-corrected chi connectivity index (χ3v) is 3.32. The van der Waals surface area contributed by atoms with E-state index in [1.54, 1.807) is 29.2 Å². The molecule has 5 nitrogen and oxygen atoms in total. The molecule has 0 atom stereocenters. The van der Waals surface area contributed by atoms with E-state index in [2.05, 4.69) is 0 Å². The molecule has 1 aromatic carbocycles. The quantitative estimate of drug-likeness (QED) is 0.769. The van der Waals surface area contributed by atoms with Gasteiger partial charge in [-0.25, -0.2) is 0 Å². The average molecular weight is 272 g/mol. The number of hydrogen-bond acceptors (Lipinski definition) is 4. The molecule has 104 valence electrons. The van der Waals surface area contributed by atoms with Gasteiger partial charge in [-0.15, -0.1) is 0 Å². The number of likely N-dealkylation sites (tertiary alicyclic amines) is 1. The van der Waals surface area contributed by atoms with Crippen LogP contribution in [0.3, 0.4) is 0 Å². The average Bonchev–Trinajstić information content (AvgIpc) is 2.47. The lowest BCUT2D eigenvalue weighted by atomic mass is 10.1. The zero-order valence-electron chi connectivity index (χ0n) is 11.3. The van der Waals surface area contributed by atoms with Crippen LogP contribution in [0.25, 0.3) is 0 Å². The van der Waals surface area contributed by atoms with Gasteiger partial charge in [-0.1, -0.05) is 0 Å². The first kappa shape index (κ1) is 14.1. The fraction of sp³-hybridized carbons (Fsp3) is 0.400. The molecule has 0 bridgehead atoms. The topological polar surface area (TPSA) is 70.4 Å². The standard InChI is InChI=1S/C15H16N2O3/c1-11(18)20-14-6-8-17(9-7-14)15(19)13-4-2-12(10-16)3-5-13/h2-5,14H,6-9H2,1H3. The monoisotopic (exact) mass is 272 g/mol. The Hall–Kier alpha value is -2.35. The molecule has 1 fully saturated rings. The lowest BCUT2D eigenvalue weighted by molar-refractivity contribution is -0.148. The lowest BCUT2D eigenvalue weighted by Crippen LogP contribution is -2.41. The van der Waals surface area contributed by atoms with Crippen molar-refractivity contribution < 1.29 is 14.3 Å². The Bertz CT molecular complexity index is 537. The maximum Gasteiger partial charge on any atom is 0.302 e. The second-order valence-corrected chi connectivity index (χ2v) is 4.79. The molecule has 5 heteroatoms. The highest BCUT2D eigenvalue weighted by Crippen LogP contribution is 2.16. The number of ether oxygens (including phenoxy) is 1. The highest BCUT2D eigenvalue weighted by Gasteiger charge is 2.25. The summed E-state index contributed by atoms with van der Waals surface area (Å²) in [6, 6.07) is 8.63. The van der Waals surface area contributed by atoms with E-state index in [0.29, 0.717) is 37.1 Å². The van der Waals surface area contributed by atoms with E-state index in [-0.39, 0.29) is 18.0 Å². The summed E-state index contributed by atoms with van der Waals surface area (Å²) in [6.45, 7) is 2.56. The Kier molecular flexibility index (Phi) is 4.36. The minimum absolute atomic E-state index is 0.0456. The number of carbonyl (C=O) groups is 2. The van der Waals surface area contributed by atoms with E-state index >= 15 is 0 Å². The van der Waals surface area contributed by atoms with Crippen LogP contribution in [0.4, 0.5) is 0 Å². The van der Waals surface area contributed by atoms with Crippen LogP contribution < -0.4 is 0 Å². The molecule has 1 saturated heterocycles. The van der Waals surface area contributed by atoms with Gasteiger partial charge in [-0.2, -0.15) is 5.26 Å². The Morgan fingerprint density at radius 3 is 2.35 bits per heavy atom. The van der Waals surface area contributed by atoms with Crippen LogP contribution in [0.15, 0.2) is 24.3 Å². The van der Waals surface area contributed by atoms with Gasteiger partial charge in [-0.3, -0.25) is 9.59 Å². The molecule has 0 spiro atoms. The summed E-state index contributed by atoms with van der Waals surface area (Å²) >= 11 is 0. The second kappa shape index (κ2) is 6.20. The molecule has 20 heavy (non-hydrogen) atoms. The van der Waals surface area contributed by atoms with Gasteiger partial charge in [0.05, 0.1) is 11.6 Å². The van der Waals surface area contributed by atoms with Crippen LogP contribution >= 0.6 is 0 Å². The zero-order chi connectivity index (χ0) is 14.5. The zero-order valence-corrected chi connectivity index (χ0v) is 11.3. The first-order chi connectivity index (χ1) is 9.60. The minimum atomic E-state index is -0.276. The van der Waals surface area contributed by atoms with Crippen LogP contribution in [0.1, 0.15) is 35.7 Å². The van der Waals surface area contributed by atoms with Crippen molar-refractivity contribution in [3.05, 3.63) is 35.4 Å². The normalized spacial score (nSPS) is 15.5. The van der Waals surface area contributed by atoms with E-state index in [1.807, 2.05) is 6.07 Å². The van der Waals surface area contributed by atoms with Crippen LogP contribution in [-0.4, -0.2) is 36.0 Å². The molecule has 0 saturated carbocycles. The molecule has 2 rings (SSSR count). The largest absolute Gasteiger partial charge is 0.462 e. The molecule has 0 unspecified atom stereocenters. The maximum absolute atomic E-state index is 12.3. The first-order valence-corrected chi connectivity index (χ1v) is 6.57. The predicted molar refractivity (Wildman–Crippen MR) is 71.8 cm³/mol. The highest BCUT2D eigenvalue weighted by atomic mass is 16.5. The summed E-state index contributed by atoms with van der Waals surface area (Å²) < 4.78 is 5.14. The molecule has 0 aromatic heterocycles. The summed E-state index contributed by atoms with van der Waals surface area (Å²) in [6.07, 6.45) is 1.25. The Morgan fingerprint density at radius 2 is 1.85 bits per heavy atom. The molecular weight excluding hydrogens is 256 g/mol. The van der Waals surface area contributed by atoms with Gasteiger partial charge in [0.15, 0.2) is 0 Å².